The average molecular weight is 752 g/mol. The highest BCUT2D eigenvalue weighted by Crippen LogP contribution is 2.33. The first-order valence-corrected chi connectivity index (χ1v) is 17.9. The second kappa shape index (κ2) is 18.2. The summed E-state index contributed by atoms with van der Waals surface area (Å²) >= 11 is 1.47. The third-order valence-corrected chi connectivity index (χ3v) is 9.25. The van der Waals surface area contributed by atoms with Gasteiger partial charge in [-0.15, -0.1) is 0 Å². The van der Waals surface area contributed by atoms with Crippen molar-refractivity contribution in [1.82, 2.24) is 14.6 Å². The summed E-state index contributed by atoms with van der Waals surface area (Å²) in [6.45, 7) is 9.09. The molecule has 0 spiro atoms. The van der Waals surface area contributed by atoms with Crippen molar-refractivity contribution >= 4 is 41.1 Å². The van der Waals surface area contributed by atoms with Crippen LogP contribution < -0.4 is 15.5 Å². The van der Waals surface area contributed by atoms with Gasteiger partial charge >= 0.3 is 12.1 Å². The molecule has 14 heteroatoms. The summed E-state index contributed by atoms with van der Waals surface area (Å²) in [6.07, 6.45) is -3.14. The molecule has 0 atom stereocenters. The van der Waals surface area contributed by atoms with Gasteiger partial charge in [0.2, 0.25) is 0 Å². The topological polar surface area (TPSA) is 124 Å². The Labute approximate surface area is 311 Å². The summed E-state index contributed by atoms with van der Waals surface area (Å²) in [4.78, 5) is 44.6. The van der Waals surface area contributed by atoms with Crippen molar-refractivity contribution in [3.8, 4) is 11.3 Å². The molecular formula is C39H44F3N5O5S. The second-order valence-corrected chi connectivity index (χ2v) is 14.0. The van der Waals surface area contributed by atoms with Gasteiger partial charge in [-0.05, 0) is 100 Å². The molecule has 0 aliphatic rings. The quantitative estimate of drug-likeness (QED) is 0.0726. The summed E-state index contributed by atoms with van der Waals surface area (Å²) in [5.41, 5.74) is 2.62. The number of hydrogen-bond acceptors (Lipinski definition) is 8. The Balaban J connectivity index is 1.51. The Kier molecular flexibility index (Phi) is 14.0. The molecule has 0 saturated heterocycles. The lowest BCUT2D eigenvalue weighted by molar-refractivity contribution is -0.145. The Morgan fingerprint density at radius 3 is 2.28 bits per heavy atom. The summed E-state index contributed by atoms with van der Waals surface area (Å²) < 4.78 is 47.2. The zero-order valence-corrected chi connectivity index (χ0v) is 31.1. The molecule has 0 aliphatic carbocycles. The zero-order chi connectivity index (χ0) is 38.8. The van der Waals surface area contributed by atoms with Gasteiger partial charge in [0.15, 0.2) is 0 Å². The minimum Gasteiger partial charge on any atom is -0.481 e. The monoisotopic (exact) mass is 751 g/mol. The third kappa shape index (κ3) is 12.1. The number of aromatic nitrogens is 1. The number of pyridine rings is 1. The summed E-state index contributed by atoms with van der Waals surface area (Å²) in [5, 5.41) is 14.8. The fourth-order valence-corrected chi connectivity index (χ4v) is 6.08. The molecule has 10 nitrogen and oxygen atoms in total. The lowest BCUT2D eigenvalue weighted by atomic mass is 10.0. The number of ether oxygens (including phenoxy) is 1. The van der Waals surface area contributed by atoms with Crippen LogP contribution in [0.5, 0.6) is 0 Å². The molecule has 0 saturated carbocycles. The number of carboxylic acids is 1. The van der Waals surface area contributed by atoms with Crippen molar-refractivity contribution in [2.75, 3.05) is 37.1 Å². The molecule has 53 heavy (non-hydrogen) atoms. The van der Waals surface area contributed by atoms with Gasteiger partial charge in [-0.2, -0.15) is 13.2 Å². The molecule has 3 N–H and O–H groups in total. The lowest BCUT2D eigenvalue weighted by Crippen LogP contribution is -2.31. The van der Waals surface area contributed by atoms with E-state index in [4.69, 9.17) is 9.84 Å². The van der Waals surface area contributed by atoms with E-state index in [-0.39, 0.29) is 31.2 Å². The molecule has 0 bridgehead atoms. The number of carboxylic acid groups (broad SMARTS) is 1. The van der Waals surface area contributed by atoms with Crippen molar-refractivity contribution in [3.63, 3.8) is 0 Å². The molecule has 3 aromatic carbocycles. The number of aliphatic carboxylic acids is 1. The van der Waals surface area contributed by atoms with Crippen LogP contribution in [0.2, 0.25) is 0 Å². The van der Waals surface area contributed by atoms with Gasteiger partial charge in [-0.25, -0.2) is 4.31 Å². The maximum atomic E-state index is 13.6. The molecule has 0 unspecified atom stereocenters. The number of anilines is 2. The Morgan fingerprint density at radius 1 is 0.887 bits per heavy atom. The number of rotatable bonds is 17. The Morgan fingerprint density at radius 2 is 1.58 bits per heavy atom. The summed E-state index contributed by atoms with van der Waals surface area (Å²) in [7, 11) is 1.84. The minimum absolute atomic E-state index is 0.105. The minimum atomic E-state index is -4.49. The molecule has 4 aromatic rings. The van der Waals surface area contributed by atoms with Crippen molar-refractivity contribution in [1.29, 1.82) is 0 Å². The van der Waals surface area contributed by atoms with E-state index >= 15 is 0 Å². The Hall–Kier alpha value is -4.92. The molecule has 0 radical (unpaired) electrons. The lowest BCUT2D eigenvalue weighted by Gasteiger charge is -2.26. The SMILES string of the molecule is CCN(CC)c1ccc(NC(=O)c2cccc(CSN(C)COC(C)(C)CC(=O)O)c2)c(-c2cc(C(=O)NCc3cccc(C(F)(F)F)c3)ccn2)c1. The normalized spacial score (nSPS) is 11.7. The Bertz CT molecular complexity index is 1900. The van der Waals surface area contributed by atoms with Crippen LogP contribution in [-0.4, -0.2) is 64.6 Å². The van der Waals surface area contributed by atoms with Gasteiger partial charge in [0.25, 0.3) is 11.8 Å². The van der Waals surface area contributed by atoms with Crippen LogP contribution in [0.3, 0.4) is 0 Å². The van der Waals surface area contributed by atoms with Crippen LogP contribution in [0.4, 0.5) is 24.5 Å². The highest BCUT2D eigenvalue weighted by atomic mass is 32.2. The van der Waals surface area contributed by atoms with Crippen molar-refractivity contribution in [3.05, 3.63) is 113 Å². The fourth-order valence-electron chi connectivity index (χ4n) is 5.40. The largest absolute Gasteiger partial charge is 0.481 e. The number of carbonyl (C=O) groups is 3. The molecule has 282 valence electrons. The van der Waals surface area contributed by atoms with Crippen molar-refractivity contribution < 1.29 is 37.4 Å². The summed E-state index contributed by atoms with van der Waals surface area (Å²) in [5.74, 6) is -1.24. The number of nitrogens with zero attached hydrogens (tertiary/aromatic N) is 3. The number of nitrogens with one attached hydrogen (secondary N) is 2. The van der Waals surface area contributed by atoms with Gasteiger partial charge < -0.3 is 25.4 Å². The number of amides is 2. The van der Waals surface area contributed by atoms with Gasteiger partial charge in [-0.1, -0.05) is 36.2 Å². The number of benzene rings is 3. The number of carbonyl (C=O) groups excluding carboxylic acids is 2. The van der Waals surface area contributed by atoms with E-state index in [9.17, 15) is 27.6 Å². The second-order valence-electron chi connectivity index (χ2n) is 12.9. The molecular weight excluding hydrogens is 708 g/mol. The van der Waals surface area contributed by atoms with E-state index in [1.54, 1.807) is 44.2 Å². The maximum Gasteiger partial charge on any atom is 0.416 e. The highest BCUT2D eigenvalue weighted by Gasteiger charge is 2.30. The molecule has 1 aromatic heterocycles. The van der Waals surface area contributed by atoms with E-state index in [1.165, 1.54) is 36.3 Å². The number of halogens is 3. The third-order valence-electron chi connectivity index (χ3n) is 8.24. The maximum absolute atomic E-state index is 13.6. The van der Waals surface area contributed by atoms with Crippen LogP contribution in [0.25, 0.3) is 11.3 Å². The predicted octanol–water partition coefficient (Wildman–Crippen LogP) is 8.10. The van der Waals surface area contributed by atoms with Gasteiger partial charge in [0, 0.05) is 54.0 Å². The molecule has 1 heterocycles. The molecule has 0 fully saturated rings. The fraction of sp³-hybridized carbons (Fsp3) is 0.333. The van der Waals surface area contributed by atoms with Crippen LogP contribution in [-0.2, 0) is 28.0 Å². The van der Waals surface area contributed by atoms with Crippen LogP contribution in [0.1, 0.15) is 71.5 Å². The number of alkyl halides is 3. The first kappa shape index (κ1) is 40.8. The van der Waals surface area contributed by atoms with E-state index < -0.39 is 29.2 Å². The van der Waals surface area contributed by atoms with Gasteiger partial charge in [-0.3, -0.25) is 19.4 Å². The van der Waals surface area contributed by atoms with E-state index in [0.717, 1.165) is 36.5 Å². The van der Waals surface area contributed by atoms with Crippen molar-refractivity contribution in [2.45, 2.75) is 58.2 Å². The van der Waals surface area contributed by atoms with Crippen LogP contribution >= 0.6 is 11.9 Å². The van der Waals surface area contributed by atoms with Gasteiger partial charge in [0.05, 0.1) is 29.0 Å². The van der Waals surface area contributed by atoms with Gasteiger partial charge in [0.1, 0.15) is 6.73 Å². The number of hydrogen-bond donors (Lipinski definition) is 3. The smallest absolute Gasteiger partial charge is 0.416 e. The van der Waals surface area contributed by atoms with Crippen LogP contribution in [0.15, 0.2) is 85.1 Å². The predicted molar refractivity (Wildman–Crippen MR) is 202 cm³/mol. The average Bonchev–Trinajstić information content (AvgIpc) is 3.12. The highest BCUT2D eigenvalue weighted by molar-refractivity contribution is 7.96. The first-order chi connectivity index (χ1) is 25.1. The molecule has 2 amide bonds. The first-order valence-electron chi connectivity index (χ1n) is 17.0. The van der Waals surface area contributed by atoms with Crippen molar-refractivity contribution in [2.24, 2.45) is 0 Å². The molecule has 4 rings (SSSR count). The van der Waals surface area contributed by atoms with Crippen LogP contribution in [0, 0.1) is 0 Å². The van der Waals surface area contributed by atoms with E-state index in [1.807, 2.05) is 43.4 Å². The van der Waals surface area contributed by atoms with E-state index in [0.29, 0.717) is 33.8 Å². The summed E-state index contributed by atoms with van der Waals surface area (Å²) in [6, 6.07) is 20.7. The molecule has 0 aliphatic heterocycles. The van der Waals surface area contributed by atoms with E-state index in [2.05, 4.69) is 20.5 Å². The standard InChI is InChI=1S/C39H44F3N5O5S/c1-6-47(7-2)31-14-15-33(45-37(51)28-12-8-11-27(18-28)24-53-46(5)25-52-38(3,4)22-35(48)49)32(21-31)34-20-29(16-17-43-34)36(50)44-23-26-10-9-13-30(19-26)39(40,41)42/h8-21H,6-7,22-25H2,1-5H3,(H,44,50)(H,45,51)(H,48,49). The zero-order valence-electron chi connectivity index (χ0n) is 30.3.